The molecule has 3 aromatic rings. The van der Waals surface area contributed by atoms with Crippen LogP contribution in [0.5, 0.6) is 0 Å². The average Bonchev–Trinajstić information content (AvgIpc) is 3.28. The largest absolute Gasteiger partial charge is 0.371 e. The van der Waals surface area contributed by atoms with E-state index in [2.05, 4.69) is 21.3 Å². The summed E-state index contributed by atoms with van der Waals surface area (Å²) in [6, 6.07) is 15.3. The van der Waals surface area contributed by atoms with E-state index in [0.717, 1.165) is 54.5 Å². The average molecular weight is 475 g/mol. The summed E-state index contributed by atoms with van der Waals surface area (Å²) in [6.07, 6.45) is 10.5. The normalized spacial score (nSPS) is 22.7. The van der Waals surface area contributed by atoms with Crippen molar-refractivity contribution in [3.05, 3.63) is 70.4 Å². The first-order valence-corrected chi connectivity index (χ1v) is 12.9. The minimum atomic E-state index is -0.348. The van der Waals surface area contributed by atoms with E-state index < -0.39 is 0 Å². The van der Waals surface area contributed by atoms with E-state index in [0.29, 0.717) is 18.3 Å². The van der Waals surface area contributed by atoms with E-state index in [1.54, 1.807) is 12.1 Å². The molecule has 0 spiro atoms. The van der Waals surface area contributed by atoms with Gasteiger partial charge in [0.1, 0.15) is 0 Å². The van der Waals surface area contributed by atoms with Crippen LogP contribution >= 0.6 is 0 Å². The summed E-state index contributed by atoms with van der Waals surface area (Å²) in [7, 11) is 0. The molecule has 2 aromatic carbocycles. The van der Waals surface area contributed by atoms with Crippen molar-refractivity contribution in [2.75, 3.05) is 18.0 Å². The van der Waals surface area contributed by atoms with Gasteiger partial charge < -0.3 is 15.2 Å². The third-order valence-electron chi connectivity index (χ3n) is 7.86. The molecular formula is C28H34N4O3. The topological polar surface area (TPSA) is 91.3 Å². The van der Waals surface area contributed by atoms with Crippen molar-refractivity contribution in [2.24, 2.45) is 11.8 Å². The van der Waals surface area contributed by atoms with Gasteiger partial charge in [-0.15, -0.1) is 0 Å². The molecule has 2 aliphatic rings. The van der Waals surface area contributed by atoms with Gasteiger partial charge in [0.15, 0.2) is 0 Å². The van der Waals surface area contributed by atoms with Crippen molar-refractivity contribution >= 4 is 28.2 Å². The van der Waals surface area contributed by atoms with Crippen LogP contribution in [0.2, 0.25) is 0 Å². The van der Waals surface area contributed by atoms with Crippen molar-refractivity contribution in [3.8, 4) is 0 Å². The van der Waals surface area contributed by atoms with Crippen LogP contribution in [0.3, 0.4) is 0 Å². The second-order valence-electron chi connectivity index (χ2n) is 10.2. The van der Waals surface area contributed by atoms with Crippen molar-refractivity contribution in [3.63, 3.8) is 0 Å². The van der Waals surface area contributed by atoms with E-state index in [-0.39, 0.29) is 22.6 Å². The number of H-pyrrole nitrogens is 1. The van der Waals surface area contributed by atoms with Gasteiger partial charge in [-0.25, -0.2) is 0 Å². The Kier molecular flexibility index (Phi) is 7.02. The zero-order valence-corrected chi connectivity index (χ0v) is 20.1. The fraction of sp³-hybridized carbons (Fsp3) is 0.464. The second kappa shape index (κ2) is 10.5. The lowest BCUT2D eigenvalue weighted by Gasteiger charge is -2.39. The first-order valence-electron chi connectivity index (χ1n) is 12.9. The molecule has 1 unspecified atom stereocenters. The van der Waals surface area contributed by atoms with Crippen LogP contribution in [-0.4, -0.2) is 34.9 Å². The van der Waals surface area contributed by atoms with Crippen LogP contribution in [0.25, 0.3) is 10.9 Å². The molecule has 1 saturated heterocycles. The van der Waals surface area contributed by atoms with Gasteiger partial charge in [0.05, 0.1) is 11.3 Å². The van der Waals surface area contributed by atoms with Crippen molar-refractivity contribution < 1.29 is 9.72 Å². The van der Waals surface area contributed by atoms with Gasteiger partial charge >= 0.3 is 0 Å². The number of aromatic nitrogens is 1. The number of para-hydroxylation sites is 1. The van der Waals surface area contributed by atoms with Crippen LogP contribution in [0.4, 0.5) is 11.4 Å². The molecule has 0 radical (unpaired) electrons. The van der Waals surface area contributed by atoms with Crippen molar-refractivity contribution in [1.29, 1.82) is 0 Å². The number of piperidine rings is 1. The molecule has 2 N–H and O–H groups in total. The molecule has 1 aliphatic carbocycles. The van der Waals surface area contributed by atoms with E-state index in [1.165, 1.54) is 25.7 Å². The van der Waals surface area contributed by atoms with Crippen molar-refractivity contribution in [1.82, 2.24) is 10.3 Å². The SMILES string of the molecule is O=C(Cc1c[nH]c2ccccc12)N[C@@H]1CCCC[C@H]1CC1CCCN(c2ccc([N+](=O)[O-])cc2)C1. The van der Waals surface area contributed by atoms with Crippen LogP contribution in [-0.2, 0) is 11.2 Å². The maximum atomic E-state index is 13.0. The lowest BCUT2D eigenvalue weighted by Crippen LogP contribution is -2.44. The molecule has 184 valence electrons. The Morgan fingerprint density at radius 2 is 1.86 bits per heavy atom. The molecule has 2 heterocycles. The second-order valence-corrected chi connectivity index (χ2v) is 10.2. The van der Waals surface area contributed by atoms with Crippen LogP contribution < -0.4 is 10.2 Å². The molecule has 1 amide bonds. The number of rotatable bonds is 7. The molecule has 0 bridgehead atoms. The lowest BCUT2D eigenvalue weighted by molar-refractivity contribution is -0.384. The third-order valence-corrected chi connectivity index (χ3v) is 7.86. The maximum absolute atomic E-state index is 13.0. The number of non-ortho nitro benzene ring substituents is 1. The predicted molar refractivity (Wildman–Crippen MR) is 139 cm³/mol. The summed E-state index contributed by atoms with van der Waals surface area (Å²) >= 11 is 0. The van der Waals surface area contributed by atoms with Gasteiger partial charge in [0.25, 0.3) is 5.69 Å². The van der Waals surface area contributed by atoms with Gasteiger partial charge in [-0.05, 0) is 67.7 Å². The lowest BCUT2D eigenvalue weighted by atomic mass is 9.77. The smallest absolute Gasteiger partial charge is 0.269 e. The van der Waals surface area contributed by atoms with Gasteiger partial charge in [0.2, 0.25) is 5.91 Å². The summed E-state index contributed by atoms with van der Waals surface area (Å²) in [6.45, 7) is 1.97. The summed E-state index contributed by atoms with van der Waals surface area (Å²) in [4.78, 5) is 29.3. The summed E-state index contributed by atoms with van der Waals surface area (Å²) in [5.41, 5.74) is 3.32. The molecule has 1 aromatic heterocycles. The first kappa shape index (κ1) is 23.4. The summed E-state index contributed by atoms with van der Waals surface area (Å²) < 4.78 is 0. The highest BCUT2D eigenvalue weighted by Crippen LogP contribution is 2.34. The number of carbonyl (C=O) groups excluding carboxylic acids is 1. The van der Waals surface area contributed by atoms with Gasteiger partial charge in [-0.3, -0.25) is 14.9 Å². The van der Waals surface area contributed by atoms with Crippen LogP contribution in [0.1, 0.15) is 50.5 Å². The molecular weight excluding hydrogens is 440 g/mol. The highest BCUT2D eigenvalue weighted by atomic mass is 16.6. The molecule has 2 fully saturated rings. The fourth-order valence-corrected chi connectivity index (χ4v) is 6.09. The number of hydrogen-bond acceptors (Lipinski definition) is 4. The number of fused-ring (bicyclic) bond motifs is 1. The Morgan fingerprint density at radius 1 is 1.06 bits per heavy atom. The minimum absolute atomic E-state index is 0.114. The van der Waals surface area contributed by atoms with E-state index >= 15 is 0 Å². The standard InChI is InChI=1S/C28H34N4O3/c33-28(17-22-18-29-27-10-4-2-8-25(22)27)30-26-9-3-1-7-21(26)16-20-6-5-15-31(19-20)23-11-13-24(14-12-23)32(34)35/h2,4,8,10-14,18,20-21,26,29H,1,3,5-7,9,15-17,19H2,(H,30,33)/t20?,21-,26+/m0/s1. The Bertz CT molecular complexity index is 1170. The number of hydrogen-bond donors (Lipinski definition) is 2. The highest BCUT2D eigenvalue weighted by Gasteiger charge is 2.31. The first-order chi connectivity index (χ1) is 17.1. The summed E-state index contributed by atoms with van der Waals surface area (Å²) in [5.74, 6) is 1.20. The molecule has 35 heavy (non-hydrogen) atoms. The monoisotopic (exact) mass is 474 g/mol. The number of benzene rings is 2. The Morgan fingerprint density at radius 3 is 2.69 bits per heavy atom. The van der Waals surface area contributed by atoms with Crippen LogP contribution in [0.15, 0.2) is 54.7 Å². The number of nitro groups is 1. The fourth-order valence-electron chi connectivity index (χ4n) is 6.09. The number of carbonyl (C=O) groups is 1. The third kappa shape index (κ3) is 5.50. The van der Waals surface area contributed by atoms with E-state index in [1.807, 2.05) is 36.5 Å². The molecule has 1 saturated carbocycles. The van der Waals surface area contributed by atoms with E-state index in [9.17, 15) is 14.9 Å². The molecule has 1 aliphatic heterocycles. The van der Waals surface area contributed by atoms with E-state index in [4.69, 9.17) is 0 Å². The van der Waals surface area contributed by atoms with Gasteiger partial charge in [-0.2, -0.15) is 0 Å². The maximum Gasteiger partial charge on any atom is 0.269 e. The molecule has 7 nitrogen and oxygen atoms in total. The molecule has 7 heteroatoms. The molecule has 5 rings (SSSR count). The summed E-state index contributed by atoms with van der Waals surface area (Å²) in [5, 5.41) is 15.5. The van der Waals surface area contributed by atoms with Gasteiger partial charge in [0, 0.05) is 54.1 Å². The van der Waals surface area contributed by atoms with Gasteiger partial charge in [-0.1, -0.05) is 31.0 Å². The number of anilines is 1. The number of nitrogens with one attached hydrogen (secondary N) is 2. The Labute approximate surface area is 206 Å². The number of nitro benzene ring substituents is 1. The minimum Gasteiger partial charge on any atom is -0.371 e. The predicted octanol–water partition coefficient (Wildman–Crippen LogP) is 5.60. The molecule has 3 atom stereocenters. The Balaban J connectivity index is 1.19. The quantitative estimate of drug-likeness (QED) is 0.344. The van der Waals surface area contributed by atoms with Crippen molar-refractivity contribution in [2.45, 2.75) is 57.4 Å². The zero-order chi connectivity index (χ0) is 24.2. The number of amides is 1. The Hall–Kier alpha value is -3.35. The van der Waals surface area contributed by atoms with Crippen LogP contribution in [0, 0.1) is 22.0 Å². The number of aromatic amines is 1. The zero-order valence-electron chi connectivity index (χ0n) is 20.1. The highest BCUT2D eigenvalue weighted by molar-refractivity contribution is 5.88. The number of nitrogens with zero attached hydrogens (tertiary/aromatic N) is 2.